The van der Waals surface area contributed by atoms with E-state index in [0.717, 1.165) is 22.3 Å². The second-order valence-electron chi connectivity index (χ2n) is 8.09. The molecule has 0 aliphatic rings. The lowest BCUT2D eigenvalue weighted by molar-refractivity contribution is -0.126. The van der Waals surface area contributed by atoms with E-state index < -0.39 is 18.5 Å². The minimum absolute atomic E-state index is 0.125. The molecule has 0 saturated heterocycles. The van der Waals surface area contributed by atoms with E-state index in [-0.39, 0.29) is 36.2 Å². The number of benzene rings is 3. The highest BCUT2D eigenvalue weighted by molar-refractivity contribution is 5.97. The number of hydrogen-bond donors (Lipinski definition) is 2. The Balaban J connectivity index is 1.48. The van der Waals surface area contributed by atoms with Crippen molar-refractivity contribution in [2.24, 2.45) is 0 Å². The van der Waals surface area contributed by atoms with Crippen molar-refractivity contribution in [3.8, 4) is 5.75 Å². The largest absolute Gasteiger partial charge is 0.488 e. The van der Waals surface area contributed by atoms with Crippen LogP contribution in [0.25, 0.3) is 0 Å². The fraction of sp³-hybridized carbons (Fsp3) is 0.222. The van der Waals surface area contributed by atoms with Gasteiger partial charge in [0.1, 0.15) is 23.7 Å². The molecule has 35 heavy (non-hydrogen) atoms. The van der Waals surface area contributed by atoms with Gasteiger partial charge in [-0.3, -0.25) is 9.59 Å². The van der Waals surface area contributed by atoms with E-state index in [2.05, 4.69) is 10.6 Å². The third-order valence-electron chi connectivity index (χ3n) is 5.14. The second-order valence-corrected chi connectivity index (χ2v) is 8.09. The summed E-state index contributed by atoms with van der Waals surface area (Å²) in [5.41, 5.74) is 4.52. The highest BCUT2D eigenvalue weighted by Gasteiger charge is 2.16. The number of anilines is 1. The Morgan fingerprint density at radius 3 is 2.23 bits per heavy atom. The van der Waals surface area contributed by atoms with Crippen LogP contribution in [-0.2, 0) is 20.9 Å². The summed E-state index contributed by atoms with van der Waals surface area (Å²) in [4.78, 5) is 36.9. The number of amides is 2. The van der Waals surface area contributed by atoms with Gasteiger partial charge in [-0.05, 0) is 61.7 Å². The molecule has 0 atom stereocenters. The van der Waals surface area contributed by atoms with Crippen LogP contribution in [0.2, 0.25) is 0 Å². The normalized spacial score (nSPS) is 10.4. The molecular formula is C27H27FN2O5. The average Bonchev–Trinajstić information content (AvgIpc) is 2.83. The SMILES string of the molecule is Cc1cc(C)c(NC(=O)CNC(=O)COC(=O)c2ccccc2OCc2ccc(F)cc2)c(C)c1. The van der Waals surface area contributed by atoms with Crippen LogP contribution in [0.1, 0.15) is 32.6 Å². The number of halogens is 1. The molecule has 2 N–H and O–H groups in total. The first-order valence-corrected chi connectivity index (χ1v) is 11.0. The minimum atomic E-state index is -0.745. The summed E-state index contributed by atoms with van der Waals surface area (Å²) in [5.74, 6) is -1.83. The fourth-order valence-corrected chi connectivity index (χ4v) is 3.50. The van der Waals surface area contributed by atoms with E-state index in [9.17, 15) is 18.8 Å². The molecule has 8 heteroatoms. The maximum absolute atomic E-state index is 13.1. The number of carbonyl (C=O) groups excluding carboxylic acids is 3. The van der Waals surface area contributed by atoms with Gasteiger partial charge in [0.25, 0.3) is 5.91 Å². The maximum Gasteiger partial charge on any atom is 0.342 e. The molecule has 3 rings (SSSR count). The average molecular weight is 479 g/mol. The van der Waals surface area contributed by atoms with Crippen molar-refractivity contribution < 1.29 is 28.2 Å². The monoisotopic (exact) mass is 478 g/mol. The topological polar surface area (TPSA) is 93.7 Å². The van der Waals surface area contributed by atoms with E-state index in [0.29, 0.717) is 5.69 Å². The maximum atomic E-state index is 13.1. The Kier molecular flexibility index (Phi) is 8.56. The summed E-state index contributed by atoms with van der Waals surface area (Å²) in [6.07, 6.45) is 0. The summed E-state index contributed by atoms with van der Waals surface area (Å²) in [7, 11) is 0. The van der Waals surface area contributed by atoms with Crippen LogP contribution in [-0.4, -0.2) is 30.9 Å². The van der Waals surface area contributed by atoms with Gasteiger partial charge in [0, 0.05) is 5.69 Å². The van der Waals surface area contributed by atoms with E-state index in [1.54, 1.807) is 30.3 Å². The summed E-state index contributed by atoms with van der Waals surface area (Å²) in [6.45, 7) is 5.08. The lowest BCUT2D eigenvalue weighted by atomic mass is 10.1. The highest BCUT2D eigenvalue weighted by Crippen LogP contribution is 2.22. The molecule has 182 valence electrons. The van der Waals surface area contributed by atoms with Gasteiger partial charge in [-0.2, -0.15) is 0 Å². The van der Waals surface area contributed by atoms with E-state index in [1.807, 2.05) is 32.9 Å². The smallest absolute Gasteiger partial charge is 0.342 e. The molecule has 0 fully saturated rings. The first-order chi connectivity index (χ1) is 16.7. The first kappa shape index (κ1) is 25.4. The third-order valence-corrected chi connectivity index (χ3v) is 5.14. The molecule has 0 unspecified atom stereocenters. The molecule has 0 heterocycles. The number of rotatable bonds is 9. The van der Waals surface area contributed by atoms with Gasteiger partial charge in [0.05, 0.1) is 6.54 Å². The van der Waals surface area contributed by atoms with Crippen LogP contribution in [0.5, 0.6) is 5.75 Å². The summed E-state index contributed by atoms with van der Waals surface area (Å²) in [6, 6.07) is 16.2. The van der Waals surface area contributed by atoms with Gasteiger partial charge in [-0.15, -0.1) is 0 Å². The molecular weight excluding hydrogens is 451 g/mol. The van der Waals surface area contributed by atoms with Gasteiger partial charge >= 0.3 is 5.97 Å². The molecule has 0 saturated carbocycles. The minimum Gasteiger partial charge on any atom is -0.488 e. The van der Waals surface area contributed by atoms with Gasteiger partial charge in [0.15, 0.2) is 6.61 Å². The predicted octanol–water partition coefficient (Wildman–Crippen LogP) is 4.24. The number of esters is 1. The van der Waals surface area contributed by atoms with Crippen molar-refractivity contribution in [2.75, 3.05) is 18.5 Å². The zero-order valence-electron chi connectivity index (χ0n) is 19.8. The van der Waals surface area contributed by atoms with Crippen molar-refractivity contribution in [3.63, 3.8) is 0 Å². The standard InChI is InChI=1S/C27H27FN2O5/c1-17-12-18(2)26(19(3)13-17)30-24(31)14-29-25(32)16-35-27(33)22-6-4-5-7-23(22)34-15-20-8-10-21(28)11-9-20/h4-13H,14-16H2,1-3H3,(H,29,32)(H,30,31). The Bertz CT molecular complexity index is 1200. The number of nitrogens with one attached hydrogen (secondary N) is 2. The first-order valence-electron chi connectivity index (χ1n) is 11.0. The Labute approximate surface area is 203 Å². The molecule has 0 aliphatic carbocycles. The fourth-order valence-electron chi connectivity index (χ4n) is 3.50. The summed E-state index contributed by atoms with van der Waals surface area (Å²) >= 11 is 0. The summed E-state index contributed by atoms with van der Waals surface area (Å²) < 4.78 is 23.8. The number of carbonyl (C=O) groups is 3. The molecule has 3 aromatic rings. The van der Waals surface area contributed by atoms with Crippen LogP contribution >= 0.6 is 0 Å². The van der Waals surface area contributed by atoms with Gasteiger partial charge in [0.2, 0.25) is 5.91 Å². The van der Waals surface area contributed by atoms with Gasteiger partial charge in [-0.25, -0.2) is 9.18 Å². The van der Waals surface area contributed by atoms with E-state index in [4.69, 9.17) is 9.47 Å². The van der Waals surface area contributed by atoms with Crippen LogP contribution in [0.4, 0.5) is 10.1 Å². The molecule has 0 bridgehead atoms. The molecule has 0 radical (unpaired) electrons. The van der Waals surface area contributed by atoms with Gasteiger partial charge < -0.3 is 20.1 Å². The predicted molar refractivity (Wildman–Crippen MR) is 130 cm³/mol. The Morgan fingerprint density at radius 2 is 1.54 bits per heavy atom. The third kappa shape index (κ3) is 7.40. The Morgan fingerprint density at radius 1 is 0.886 bits per heavy atom. The van der Waals surface area contributed by atoms with Crippen LogP contribution in [0.3, 0.4) is 0 Å². The van der Waals surface area contributed by atoms with Crippen molar-refractivity contribution in [2.45, 2.75) is 27.4 Å². The number of ether oxygens (including phenoxy) is 2. The zero-order chi connectivity index (χ0) is 25.4. The molecule has 7 nitrogen and oxygen atoms in total. The van der Waals surface area contributed by atoms with Crippen molar-refractivity contribution in [1.29, 1.82) is 0 Å². The van der Waals surface area contributed by atoms with Crippen LogP contribution in [0.15, 0.2) is 60.7 Å². The number of hydrogen-bond acceptors (Lipinski definition) is 5. The summed E-state index contributed by atoms with van der Waals surface area (Å²) in [5, 5.41) is 5.23. The Hall–Kier alpha value is -4.20. The lowest BCUT2D eigenvalue weighted by Crippen LogP contribution is -2.35. The van der Waals surface area contributed by atoms with Gasteiger partial charge in [-0.1, -0.05) is 42.0 Å². The highest BCUT2D eigenvalue weighted by atomic mass is 19.1. The second kappa shape index (κ2) is 11.8. The van der Waals surface area contributed by atoms with Crippen molar-refractivity contribution in [1.82, 2.24) is 5.32 Å². The van der Waals surface area contributed by atoms with Crippen LogP contribution < -0.4 is 15.4 Å². The van der Waals surface area contributed by atoms with Crippen molar-refractivity contribution in [3.05, 3.63) is 94.3 Å². The zero-order valence-corrected chi connectivity index (χ0v) is 19.8. The molecule has 0 aliphatic heterocycles. The molecule has 0 spiro atoms. The molecule has 2 amide bonds. The lowest BCUT2D eigenvalue weighted by Gasteiger charge is -2.13. The number of aryl methyl sites for hydroxylation is 3. The molecule has 0 aromatic heterocycles. The number of para-hydroxylation sites is 1. The van der Waals surface area contributed by atoms with Crippen molar-refractivity contribution >= 4 is 23.5 Å². The van der Waals surface area contributed by atoms with E-state index in [1.165, 1.54) is 18.2 Å². The van der Waals surface area contributed by atoms with Crippen LogP contribution in [0, 0.1) is 26.6 Å². The quantitative estimate of drug-likeness (QED) is 0.449. The molecule has 3 aromatic carbocycles. The van der Waals surface area contributed by atoms with E-state index >= 15 is 0 Å².